The molecule has 0 N–H and O–H groups in total. The highest BCUT2D eigenvalue weighted by molar-refractivity contribution is 7.20. The van der Waals surface area contributed by atoms with E-state index >= 15 is 0 Å². The van der Waals surface area contributed by atoms with Crippen LogP contribution in [0, 0.1) is 0 Å². The molecule has 0 atom stereocenters. The van der Waals surface area contributed by atoms with Crippen LogP contribution in [0.25, 0.3) is 54.6 Å². The zero-order chi connectivity index (χ0) is 45.0. The van der Waals surface area contributed by atoms with Crippen LogP contribution in [-0.2, 0) is 5.41 Å². The zero-order valence-corrected chi connectivity index (χ0v) is 39.0. The van der Waals surface area contributed by atoms with Crippen LogP contribution in [0.1, 0.15) is 37.8 Å². The molecule has 67 heavy (non-hydrogen) atoms. The summed E-state index contributed by atoms with van der Waals surface area (Å²) in [7, 11) is -2.75. The Kier molecular flexibility index (Phi) is 10.1. The maximum absolute atomic E-state index is 2.75. The summed E-state index contributed by atoms with van der Waals surface area (Å²) >= 11 is 0. The first-order valence-electron chi connectivity index (χ1n) is 23.9. The second kappa shape index (κ2) is 16.6. The molecule has 0 amide bonds. The first-order chi connectivity index (χ1) is 33.1. The van der Waals surface area contributed by atoms with Crippen molar-refractivity contribution in [2.24, 2.45) is 0 Å². The summed E-state index contributed by atoms with van der Waals surface area (Å²) in [4.78, 5) is 2.48. The van der Waals surface area contributed by atoms with Gasteiger partial charge in [-0.15, -0.1) is 0 Å². The van der Waals surface area contributed by atoms with Gasteiger partial charge in [0.15, 0.2) is 8.07 Å². The lowest BCUT2D eigenvalue weighted by Crippen LogP contribution is -2.74. The third-order valence-corrected chi connectivity index (χ3v) is 19.9. The van der Waals surface area contributed by atoms with Gasteiger partial charge in [0.1, 0.15) is 0 Å². The quantitative estimate of drug-likeness (QED) is 0.0752. The molecular formula is C65H51NSi. The molecule has 0 spiro atoms. The van der Waals surface area contributed by atoms with Gasteiger partial charge in [0.25, 0.3) is 0 Å². The van der Waals surface area contributed by atoms with E-state index in [2.05, 4.69) is 267 Å². The highest BCUT2D eigenvalue weighted by Gasteiger charge is 2.42. The van der Waals surface area contributed by atoms with Crippen molar-refractivity contribution in [1.82, 2.24) is 0 Å². The smallest absolute Gasteiger partial charge is 0.179 e. The van der Waals surface area contributed by atoms with Crippen molar-refractivity contribution < 1.29 is 0 Å². The number of benzene rings is 11. The maximum atomic E-state index is 2.54. The molecule has 0 bridgehead atoms. The van der Waals surface area contributed by atoms with E-state index in [-0.39, 0.29) is 5.41 Å². The van der Waals surface area contributed by atoms with E-state index in [1.165, 1.54) is 92.1 Å². The first kappa shape index (κ1) is 40.7. The van der Waals surface area contributed by atoms with Crippen LogP contribution in [0.4, 0.5) is 17.1 Å². The summed E-state index contributed by atoms with van der Waals surface area (Å²) < 4.78 is 0. The van der Waals surface area contributed by atoms with E-state index in [1.807, 2.05) is 0 Å². The largest absolute Gasteiger partial charge is 0.310 e. The second-order valence-corrected chi connectivity index (χ2v) is 22.0. The number of hydrogen-bond donors (Lipinski definition) is 0. The van der Waals surface area contributed by atoms with Gasteiger partial charge >= 0.3 is 0 Å². The van der Waals surface area contributed by atoms with E-state index in [1.54, 1.807) is 0 Å². The Morgan fingerprint density at radius 2 is 0.746 bits per heavy atom. The van der Waals surface area contributed by atoms with Crippen molar-refractivity contribution in [3.63, 3.8) is 0 Å². The van der Waals surface area contributed by atoms with Gasteiger partial charge in [0.05, 0.1) is 0 Å². The minimum Gasteiger partial charge on any atom is -0.310 e. The van der Waals surface area contributed by atoms with Crippen molar-refractivity contribution in [2.45, 2.75) is 32.1 Å². The summed E-state index contributed by atoms with van der Waals surface area (Å²) in [5.41, 5.74) is 11.4. The third-order valence-electron chi connectivity index (χ3n) is 15.1. The fraction of sp³-hybridized carbons (Fsp3) is 0.0769. The Morgan fingerprint density at radius 1 is 0.313 bits per heavy atom. The Morgan fingerprint density at radius 3 is 1.34 bits per heavy atom. The van der Waals surface area contributed by atoms with Crippen LogP contribution in [-0.4, -0.2) is 8.07 Å². The Balaban J connectivity index is 1.08. The van der Waals surface area contributed by atoms with Crippen LogP contribution in [0.15, 0.2) is 249 Å². The molecule has 1 aliphatic carbocycles. The highest BCUT2D eigenvalue weighted by Crippen LogP contribution is 2.54. The van der Waals surface area contributed by atoms with Crippen molar-refractivity contribution in [2.75, 3.05) is 4.90 Å². The van der Waals surface area contributed by atoms with Crippen molar-refractivity contribution >= 4 is 78.2 Å². The van der Waals surface area contributed by atoms with E-state index in [0.717, 1.165) is 24.2 Å². The Bertz CT molecular complexity index is 3460. The van der Waals surface area contributed by atoms with E-state index in [0.29, 0.717) is 0 Å². The molecule has 11 aromatic carbocycles. The molecule has 12 rings (SSSR count). The SMILES string of the molecule is CCC1(CC)c2ccccc2-c2ccc(N(c3ccc(-c4ccccc4)cc3)c3ccc4c5ccc([Si](c6ccccc6)(c6ccccc6)c6ccccc6)cc5c5ccccc5c4c3)cc21. The Hall–Kier alpha value is -7.78. The first-order valence-corrected chi connectivity index (χ1v) is 25.9. The predicted molar refractivity (Wildman–Crippen MR) is 289 cm³/mol. The number of fused-ring (bicyclic) bond motifs is 9. The van der Waals surface area contributed by atoms with Gasteiger partial charge in [0.2, 0.25) is 0 Å². The van der Waals surface area contributed by atoms with E-state index in [4.69, 9.17) is 0 Å². The fourth-order valence-electron chi connectivity index (χ4n) is 11.9. The number of nitrogens with zero attached hydrogens (tertiary/aromatic N) is 1. The van der Waals surface area contributed by atoms with Gasteiger partial charge in [-0.3, -0.25) is 0 Å². The van der Waals surface area contributed by atoms with Gasteiger partial charge in [-0.2, -0.15) is 0 Å². The van der Waals surface area contributed by atoms with Crippen molar-refractivity contribution in [3.8, 4) is 22.3 Å². The molecule has 0 fully saturated rings. The second-order valence-electron chi connectivity index (χ2n) is 18.2. The average Bonchev–Trinajstić information content (AvgIpc) is 3.69. The number of anilines is 3. The fourth-order valence-corrected chi connectivity index (χ4v) is 16.6. The molecule has 0 aliphatic heterocycles. The van der Waals surface area contributed by atoms with Gasteiger partial charge in [-0.05, 0) is 136 Å². The van der Waals surface area contributed by atoms with Crippen LogP contribution in [0.3, 0.4) is 0 Å². The molecule has 1 nitrogen and oxygen atoms in total. The normalized spacial score (nSPS) is 12.9. The van der Waals surface area contributed by atoms with Crippen LogP contribution < -0.4 is 25.6 Å². The molecule has 0 aromatic heterocycles. The van der Waals surface area contributed by atoms with Crippen LogP contribution >= 0.6 is 0 Å². The standard InChI is InChI=1S/C65H51NSi/c1-3-65(4-2)63-32-20-19-31-59(63)60-41-38-50(44-64(60)65)66(48-35-33-47(34-36-48)46-21-9-5-10-22-46)49-37-40-57-58-42-39-54(45-62(58)56-30-18-17-29-55(56)61(57)43-49)67(51-23-11-6-12-24-51,52-25-13-7-14-26-52)53-27-15-8-16-28-53/h5-45H,3-4H2,1-2H3. The van der Waals surface area contributed by atoms with Gasteiger partial charge in [-0.1, -0.05) is 226 Å². The van der Waals surface area contributed by atoms with Gasteiger partial charge in [0, 0.05) is 22.5 Å². The van der Waals surface area contributed by atoms with E-state index < -0.39 is 8.07 Å². The molecule has 1 aliphatic rings. The Labute approximate surface area is 395 Å². The summed E-state index contributed by atoms with van der Waals surface area (Å²) in [6, 6.07) is 93.5. The summed E-state index contributed by atoms with van der Waals surface area (Å²) in [5, 5.41) is 13.1. The van der Waals surface area contributed by atoms with Crippen LogP contribution in [0.5, 0.6) is 0 Å². The molecule has 0 saturated carbocycles. The molecule has 0 radical (unpaired) electrons. The van der Waals surface area contributed by atoms with Gasteiger partial charge in [-0.25, -0.2) is 0 Å². The highest BCUT2D eigenvalue weighted by atomic mass is 28.3. The molecular weight excluding hydrogens is 823 g/mol. The average molecular weight is 874 g/mol. The molecule has 320 valence electrons. The zero-order valence-electron chi connectivity index (χ0n) is 38.0. The summed E-state index contributed by atoms with van der Waals surface area (Å²) in [6.07, 6.45) is 2.09. The third kappa shape index (κ3) is 6.43. The van der Waals surface area contributed by atoms with Crippen LogP contribution in [0.2, 0.25) is 0 Å². The predicted octanol–water partition coefficient (Wildman–Crippen LogP) is 14.7. The molecule has 11 aromatic rings. The lowest BCUT2D eigenvalue weighted by atomic mass is 9.74. The summed E-state index contributed by atoms with van der Waals surface area (Å²) in [5.74, 6) is 0. The number of rotatable bonds is 10. The minimum absolute atomic E-state index is 0.0376. The van der Waals surface area contributed by atoms with Gasteiger partial charge < -0.3 is 4.90 Å². The van der Waals surface area contributed by atoms with E-state index in [9.17, 15) is 0 Å². The molecule has 0 unspecified atom stereocenters. The molecule has 0 saturated heterocycles. The number of hydrogen-bond acceptors (Lipinski definition) is 1. The minimum atomic E-state index is -2.75. The lowest BCUT2D eigenvalue weighted by Gasteiger charge is -2.34. The topological polar surface area (TPSA) is 3.24 Å². The summed E-state index contributed by atoms with van der Waals surface area (Å²) in [6.45, 7) is 4.72. The maximum Gasteiger partial charge on any atom is 0.179 e. The molecule has 0 heterocycles. The van der Waals surface area contributed by atoms with Crippen molar-refractivity contribution in [1.29, 1.82) is 0 Å². The van der Waals surface area contributed by atoms with Crippen molar-refractivity contribution in [3.05, 3.63) is 260 Å². The monoisotopic (exact) mass is 873 g/mol. The lowest BCUT2D eigenvalue weighted by molar-refractivity contribution is 0.490. The molecule has 2 heteroatoms.